The molecule has 0 N–H and O–H groups in total. The number of carbonyl (C=O) groups excluding carboxylic acids is 1. The Bertz CT molecular complexity index is 177. The number of hydrogen-bond acceptors (Lipinski definition) is 2. The van der Waals surface area contributed by atoms with Gasteiger partial charge in [-0.15, -0.1) is 0 Å². The Morgan fingerprint density at radius 2 is 2.23 bits per heavy atom. The van der Waals surface area contributed by atoms with Crippen molar-refractivity contribution < 1.29 is 4.79 Å². The Morgan fingerprint density at radius 1 is 1.54 bits per heavy atom. The number of nitrogens with zero attached hydrogens (tertiary/aromatic N) is 1. The molecule has 0 radical (unpaired) electrons. The lowest BCUT2D eigenvalue weighted by Crippen LogP contribution is -2.43. The molecular formula is C11H21NO. The van der Waals surface area contributed by atoms with Gasteiger partial charge in [0.1, 0.15) is 5.78 Å². The molecule has 1 aliphatic carbocycles. The summed E-state index contributed by atoms with van der Waals surface area (Å²) in [4.78, 5) is 13.7. The molecule has 0 bridgehead atoms. The number of rotatable bonds is 3. The quantitative estimate of drug-likeness (QED) is 0.668. The van der Waals surface area contributed by atoms with Crippen LogP contribution in [0.15, 0.2) is 0 Å². The summed E-state index contributed by atoms with van der Waals surface area (Å²) in [7, 11) is 0. The molecule has 1 aliphatic rings. The van der Waals surface area contributed by atoms with E-state index in [4.69, 9.17) is 0 Å². The van der Waals surface area contributed by atoms with Gasteiger partial charge in [-0.1, -0.05) is 6.92 Å². The third-order valence-electron chi connectivity index (χ3n) is 2.95. The molecule has 13 heavy (non-hydrogen) atoms. The normalized spacial score (nSPS) is 24.4. The molecule has 2 heteroatoms. The third-order valence-corrected chi connectivity index (χ3v) is 2.95. The van der Waals surface area contributed by atoms with Gasteiger partial charge in [0, 0.05) is 24.9 Å². The molecule has 0 spiro atoms. The fourth-order valence-electron chi connectivity index (χ4n) is 2.33. The maximum Gasteiger partial charge on any atom is 0.134 e. The lowest BCUT2D eigenvalue weighted by molar-refractivity contribution is -0.122. The van der Waals surface area contributed by atoms with Gasteiger partial charge in [0.15, 0.2) is 0 Å². The first-order valence-electron chi connectivity index (χ1n) is 5.42. The van der Waals surface area contributed by atoms with Gasteiger partial charge in [-0.2, -0.15) is 0 Å². The van der Waals surface area contributed by atoms with E-state index in [0.717, 1.165) is 25.8 Å². The minimum Gasteiger partial charge on any atom is -0.300 e. The van der Waals surface area contributed by atoms with Gasteiger partial charge in [0.2, 0.25) is 0 Å². The molecule has 0 aromatic rings. The number of ketones is 1. The zero-order chi connectivity index (χ0) is 9.84. The van der Waals surface area contributed by atoms with Crippen LogP contribution >= 0.6 is 0 Å². The molecule has 0 saturated heterocycles. The minimum atomic E-state index is 0.454. The summed E-state index contributed by atoms with van der Waals surface area (Å²) in [6, 6.07) is 1.09. The first-order chi connectivity index (χ1) is 6.15. The topological polar surface area (TPSA) is 20.3 Å². The lowest BCUT2D eigenvalue weighted by atomic mass is 9.92. The third kappa shape index (κ3) is 2.80. The van der Waals surface area contributed by atoms with E-state index in [1.807, 2.05) is 0 Å². The molecular weight excluding hydrogens is 162 g/mol. The number of hydrogen-bond donors (Lipinski definition) is 0. The number of Topliss-reactive ketones (excluding diaryl/α,β-unsaturated/α-hetero) is 1. The highest BCUT2D eigenvalue weighted by atomic mass is 16.1. The first-order valence-corrected chi connectivity index (χ1v) is 5.42. The largest absolute Gasteiger partial charge is 0.300 e. The minimum absolute atomic E-state index is 0.454. The van der Waals surface area contributed by atoms with E-state index in [2.05, 4.69) is 25.7 Å². The second-order valence-corrected chi connectivity index (χ2v) is 4.21. The summed E-state index contributed by atoms with van der Waals surface area (Å²) in [5.74, 6) is 0.454. The Morgan fingerprint density at radius 3 is 2.69 bits per heavy atom. The van der Waals surface area contributed by atoms with Crippen LogP contribution < -0.4 is 0 Å². The van der Waals surface area contributed by atoms with Crippen LogP contribution in [0.4, 0.5) is 0 Å². The summed E-state index contributed by atoms with van der Waals surface area (Å²) < 4.78 is 0. The lowest BCUT2D eigenvalue weighted by Gasteiger charge is -2.35. The van der Waals surface area contributed by atoms with Crippen molar-refractivity contribution in [1.82, 2.24) is 4.90 Å². The van der Waals surface area contributed by atoms with Crippen LogP contribution in [0.3, 0.4) is 0 Å². The van der Waals surface area contributed by atoms with Gasteiger partial charge < -0.3 is 0 Å². The molecule has 0 amide bonds. The molecule has 1 unspecified atom stereocenters. The second-order valence-electron chi connectivity index (χ2n) is 4.21. The molecule has 0 aromatic heterocycles. The van der Waals surface area contributed by atoms with E-state index >= 15 is 0 Å². The smallest absolute Gasteiger partial charge is 0.134 e. The average Bonchev–Trinajstić information content (AvgIpc) is 2.04. The molecule has 1 saturated carbocycles. The van der Waals surface area contributed by atoms with Gasteiger partial charge in [0.05, 0.1) is 0 Å². The zero-order valence-corrected chi connectivity index (χ0v) is 9.05. The highest BCUT2D eigenvalue weighted by Gasteiger charge is 2.25. The van der Waals surface area contributed by atoms with Crippen LogP contribution in [-0.2, 0) is 4.79 Å². The van der Waals surface area contributed by atoms with E-state index < -0.39 is 0 Å². The Balaban J connectivity index is 2.52. The van der Waals surface area contributed by atoms with E-state index in [1.54, 1.807) is 0 Å². The molecule has 76 valence electrons. The molecule has 0 aromatic carbocycles. The molecule has 0 aliphatic heterocycles. The Hall–Kier alpha value is -0.370. The van der Waals surface area contributed by atoms with Gasteiger partial charge in [0.25, 0.3) is 0 Å². The molecule has 0 heterocycles. The van der Waals surface area contributed by atoms with Crippen LogP contribution in [0.1, 0.15) is 46.5 Å². The van der Waals surface area contributed by atoms with Crippen LogP contribution in [0.25, 0.3) is 0 Å². The van der Waals surface area contributed by atoms with E-state index in [9.17, 15) is 4.79 Å². The summed E-state index contributed by atoms with van der Waals surface area (Å²) in [5, 5.41) is 0. The monoisotopic (exact) mass is 183 g/mol. The Kier molecular flexibility index (Phi) is 3.91. The van der Waals surface area contributed by atoms with E-state index in [1.165, 1.54) is 6.42 Å². The van der Waals surface area contributed by atoms with Crippen molar-refractivity contribution in [3.05, 3.63) is 0 Å². The van der Waals surface area contributed by atoms with Crippen LogP contribution in [-0.4, -0.2) is 29.3 Å². The predicted octanol–water partition coefficient (Wildman–Crippen LogP) is 2.23. The van der Waals surface area contributed by atoms with Gasteiger partial charge >= 0.3 is 0 Å². The van der Waals surface area contributed by atoms with Crippen LogP contribution in [0, 0.1) is 0 Å². The van der Waals surface area contributed by atoms with Crippen LogP contribution in [0.2, 0.25) is 0 Å². The van der Waals surface area contributed by atoms with E-state index in [0.29, 0.717) is 17.9 Å². The van der Waals surface area contributed by atoms with Crippen molar-refractivity contribution >= 4 is 5.78 Å². The highest BCUT2D eigenvalue weighted by molar-refractivity contribution is 5.79. The maximum absolute atomic E-state index is 11.3. The summed E-state index contributed by atoms with van der Waals surface area (Å²) >= 11 is 0. The highest BCUT2D eigenvalue weighted by Crippen LogP contribution is 2.21. The van der Waals surface area contributed by atoms with Gasteiger partial charge in [-0.25, -0.2) is 0 Å². The van der Waals surface area contributed by atoms with Crippen molar-refractivity contribution in [2.24, 2.45) is 0 Å². The predicted molar refractivity (Wildman–Crippen MR) is 54.8 cm³/mol. The summed E-state index contributed by atoms with van der Waals surface area (Å²) in [5.41, 5.74) is 0. The van der Waals surface area contributed by atoms with Crippen molar-refractivity contribution in [3.8, 4) is 0 Å². The van der Waals surface area contributed by atoms with Crippen LogP contribution in [0.5, 0.6) is 0 Å². The zero-order valence-electron chi connectivity index (χ0n) is 9.05. The van der Waals surface area contributed by atoms with E-state index in [-0.39, 0.29) is 0 Å². The standard InChI is InChI=1S/C11H21NO/c1-4-12(9(2)3)10-6-5-7-11(13)8-10/h9-10H,4-8H2,1-3H3. The SMILES string of the molecule is CCN(C(C)C)C1CCCC(=O)C1. The number of carbonyl (C=O) groups is 1. The van der Waals surface area contributed by atoms with Gasteiger partial charge in [-0.05, 0) is 33.2 Å². The molecule has 1 atom stereocenters. The van der Waals surface area contributed by atoms with Crippen molar-refractivity contribution in [2.75, 3.05) is 6.54 Å². The molecule has 1 rings (SSSR count). The molecule has 1 fully saturated rings. The van der Waals surface area contributed by atoms with Crippen molar-refractivity contribution in [2.45, 2.75) is 58.5 Å². The summed E-state index contributed by atoms with van der Waals surface area (Å²) in [6.07, 6.45) is 3.89. The first kappa shape index (κ1) is 10.7. The van der Waals surface area contributed by atoms with Crippen molar-refractivity contribution in [1.29, 1.82) is 0 Å². The maximum atomic E-state index is 11.3. The molecule has 2 nitrogen and oxygen atoms in total. The fraction of sp³-hybridized carbons (Fsp3) is 0.909. The fourth-order valence-corrected chi connectivity index (χ4v) is 2.33. The second kappa shape index (κ2) is 4.75. The summed E-state index contributed by atoms with van der Waals surface area (Å²) in [6.45, 7) is 7.67. The Labute approximate surface area is 81.3 Å². The van der Waals surface area contributed by atoms with Crippen molar-refractivity contribution in [3.63, 3.8) is 0 Å². The average molecular weight is 183 g/mol. The van der Waals surface area contributed by atoms with Gasteiger partial charge in [-0.3, -0.25) is 9.69 Å².